The molecule has 0 spiro atoms. The second-order valence-electron chi connectivity index (χ2n) is 24.6. The minimum Gasteiger partial charge on any atom is -0.508 e. The van der Waals surface area contributed by atoms with E-state index in [2.05, 4.69) is 41.5 Å². The quantitative estimate of drug-likeness (QED) is 0.0137. The third-order valence-corrected chi connectivity index (χ3v) is 22.2. The number of hydrogen-bond acceptors (Lipinski definition) is 21. The number of benzene rings is 6. The van der Waals surface area contributed by atoms with Gasteiger partial charge in [0.15, 0.2) is 0 Å². The molecule has 0 heterocycles. The van der Waals surface area contributed by atoms with Gasteiger partial charge in [-0.05, 0) is 153 Å². The lowest BCUT2D eigenvalue weighted by Crippen LogP contribution is -2.50. The van der Waals surface area contributed by atoms with Crippen LogP contribution in [-0.4, -0.2) is 120 Å². The highest BCUT2D eigenvalue weighted by Gasteiger charge is 2.46. The predicted molar refractivity (Wildman–Crippen MR) is 338 cm³/mol. The van der Waals surface area contributed by atoms with Crippen LogP contribution in [0.5, 0.6) is 57.5 Å². The van der Waals surface area contributed by atoms with Gasteiger partial charge in [0.1, 0.15) is 116 Å². The largest absolute Gasteiger partial charge is 0.508 e. The molecule has 0 fully saturated rings. The summed E-state index contributed by atoms with van der Waals surface area (Å²) in [5, 5.41) is 108. The summed E-state index contributed by atoms with van der Waals surface area (Å²) < 4.78 is 35.5. The highest BCUT2D eigenvalue weighted by atomic mass is 28.4. The molecule has 6 aromatic rings. The molecule has 10 N–H and O–H groups in total. The summed E-state index contributed by atoms with van der Waals surface area (Å²) in [6, 6.07) is 14.5. The number of carbonyl (C=O) groups is 5. The SMILES string of the molecule is Cc1cc(C)c(COC(=O)c2c(O)cc(O)cc2C[C@H](C)OC(=O)c2c(O)cc(O)cc2C[C@H](C)OC(=O)c2c(O)cc(O)cc2C[C@H](C)OC(=O)c2c(O)cc(O)cc2C[C@H](C)OC(=O)c2c(O)cc(O)cc2C[C@H](C)O[Si](C(C)C)(C(C)C)C(C)C)c(C)c1. The maximum absolute atomic E-state index is 14.0. The Morgan fingerprint density at radius 1 is 0.341 bits per heavy atom. The number of aryl methyl sites for hydroxylation is 3. The van der Waals surface area contributed by atoms with Crippen molar-refractivity contribution in [2.45, 2.75) is 183 Å². The number of carbonyl (C=O) groups excluding carboxylic acids is 5. The van der Waals surface area contributed by atoms with E-state index in [0.29, 0.717) is 0 Å². The number of esters is 5. The van der Waals surface area contributed by atoms with Gasteiger partial charge < -0.3 is 79.2 Å². The van der Waals surface area contributed by atoms with E-state index in [1.165, 1.54) is 39.8 Å². The van der Waals surface area contributed by atoms with E-state index >= 15 is 0 Å². The molecule has 91 heavy (non-hydrogen) atoms. The van der Waals surface area contributed by atoms with Crippen LogP contribution >= 0.6 is 0 Å². The molecule has 0 aliphatic rings. The maximum atomic E-state index is 14.0. The molecule has 0 bridgehead atoms. The molecule has 21 nitrogen and oxygen atoms in total. The number of hydrogen-bond donors (Lipinski definition) is 10. The summed E-state index contributed by atoms with van der Waals surface area (Å²) in [6.45, 7) is 26.0. The molecule has 0 saturated carbocycles. The van der Waals surface area contributed by atoms with Crippen molar-refractivity contribution in [1.29, 1.82) is 0 Å². The topological polar surface area (TPSA) is 343 Å². The van der Waals surface area contributed by atoms with Gasteiger partial charge in [0, 0.05) is 62.1 Å². The average Bonchev–Trinajstić information content (AvgIpc) is 0.875. The van der Waals surface area contributed by atoms with E-state index in [-0.39, 0.29) is 100 Å². The van der Waals surface area contributed by atoms with Crippen molar-refractivity contribution in [2.24, 2.45) is 0 Å². The van der Waals surface area contributed by atoms with E-state index in [4.69, 9.17) is 28.1 Å². The lowest BCUT2D eigenvalue weighted by molar-refractivity contribution is 0.0312. The van der Waals surface area contributed by atoms with Crippen LogP contribution in [-0.2, 0) is 66.8 Å². The zero-order valence-electron chi connectivity index (χ0n) is 53.8. The molecule has 0 aliphatic heterocycles. The van der Waals surface area contributed by atoms with Crippen molar-refractivity contribution in [3.63, 3.8) is 0 Å². The van der Waals surface area contributed by atoms with E-state index in [9.17, 15) is 75.0 Å². The van der Waals surface area contributed by atoms with Gasteiger partial charge >= 0.3 is 29.8 Å². The maximum Gasteiger partial charge on any atom is 0.342 e. The Morgan fingerprint density at radius 3 is 0.813 bits per heavy atom. The molecule has 5 atom stereocenters. The highest BCUT2D eigenvalue weighted by Crippen LogP contribution is 2.44. The first-order valence-electron chi connectivity index (χ1n) is 30.0. The summed E-state index contributed by atoms with van der Waals surface area (Å²) in [5.74, 6) is -10.7. The summed E-state index contributed by atoms with van der Waals surface area (Å²) in [5.41, 5.74) is 2.67. The molecule has 0 amide bonds. The van der Waals surface area contributed by atoms with Gasteiger partial charge in [0.05, 0.1) is 0 Å². The lowest BCUT2D eigenvalue weighted by Gasteiger charge is -2.44. The zero-order valence-corrected chi connectivity index (χ0v) is 54.8. The van der Waals surface area contributed by atoms with Crippen LogP contribution in [0.4, 0.5) is 0 Å². The van der Waals surface area contributed by atoms with Crippen LogP contribution in [0.25, 0.3) is 0 Å². The van der Waals surface area contributed by atoms with Gasteiger partial charge in [-0.3, -0.25) is 0 Å². The minimum atomic E-state index is -2.40. The standard InChI is InChI=1S/C69H84O21Si/c1-33(2)91(34(3)4,35(5)6)90-43(14)21-48-26-53(74)31-59(79)64(48)69(84)89-42(13)20-47-25-52(73)30-58(78)63(47)68(83)88-41(12)19-46-24-51(72)29-57(77)62(46)67(82)87-40(11)18-45-23-50(71)28-56(76)61(45)66(81)86-39(10)17-44-22-49(70)27-55(75)60(44)65(80)85-32-54-37(8)15-36(7)16-38(54)9/h15-16,22-31,33-35,39-43,70-79H,17-21,32H2,1-14H3/t39-,40-,41-,42-,43-/m0/s1. The fourth-order valence-corrected chi connectivity index (χ4v) is 18.1. The van der Waals surface area contributed by atoms with Gasteiger partial charge in [0.2, 0.25) is 8.32 Å². The van der Waals surface area contributed by atoms with E-state index in [1.54, 1.807) is 0 Å². The first-order chi connectivity index (χ1) is 42.5. The molecule has 6 rings (SSSR count). The Kier molecular flexibility index (Phi) is 23.1. The molecular formula is C69H84O21Si. The number of phenolic OH excluding ortho intramolecular Hbond substituents is 10. The Balaban J connectivity index is 1.14. The van der Waals surface area contributed by atoms with Gasteiger partial charge in [-0.1, -0.05) is 59.2 Å². The normalized spacial score (nSPS) is 13.3. The fourth-order valence-electron chi connectivity index (χ4n) is 12.5. The van der Waals surface area contributed by atoms with E-state index < -0.39 is 137 Å². The zero-order chi connectivity index (χ0) is 67.8. The molecule has 22 heteroatoms. The summed E-state index contributed by atoms with van der Waals surface area (Å²) in [6.07, 6.45) is -6.10. The number of aromatic hydroxyl groups is 10. The van der Waals surface area contributed by atoms with E-state index in [1.807, 2.05) is 39.8 Å². The van der Waals surface area contributed by atoms with Crippen LogP contribution in [0.15, 0.2) is 72.8 Å². The van der Waals surface area contributed by atoms with Crippen molar-refractivity contribution >= 4 is 38.2 Å². The third-order valence-electron chi connectivity index (χ3n) is 16.0. The molecule has 6 aromatic carbocycles. The number of rotatable bonds is 26. The first kappa shape index (κ1) is 70.9. The first-order valence-corrected chi connectivity index (χ1v) is 32.1. The Bertz CT molecular complexity index is 3650. The Labute approximate surface area is 530 Å². The smallest absolute Gasteiger partial charge is 0.342 e. The molecular weight excluding hydrogens is 1190 g/mol. The van der Waals surface area contributed by atoms with Gasteiger partial charge in [-0.25, -0.2) is 24.0 Å². The van der Waals surface area contributed by atoms with Gasteiger partial charge in [-0.15, -0.1) is 0 Å². The number of phenols is 10. The van der Waals surface area contributed by atoms with Crippen LogP contribution < -0.4 is 0 Å². The summed E-state index contributed by atoms with van der Waals surface area (Å²) in [4.78, 5) is 69.4. The van der Waals surface area contributed by atoms with Crippen LogP contribution in [0.2, 0.25) is 16.6 Å². The average molecular weight is 1280 g/mol. The monoisotopic (exact) mass is 1280 g/mol. The molecule has 490 valence electrons. The second-order valence-corrected chi connectivity index (χ2v) is 30.0. The molecule has 0 unspecified atom stereocenters. The predicted octanol–water partition coefficient (Wildman–Crippen LogP) is 12.3. The molecule has 0 radical (unpaired) electrons. The minimum absolute atomic E-state index is 0.0223. The fraction of sp³-hybridized carbons (Fsp3) is 0.406. The molecule has 0 saturated heterocycles. The van der Waals surface area contributed by atoms with Gasteiger partial charge in [0.25, 0.3) is 0 Å². The van der Waals surface area contributed by atoms with Crippen molar-refractivity contribution in [3.8, 4) is 57.5 Å². The van der Waals surface area contributed by atoms with Crippen LogP contribution in [0.1, 0.15) is 178 Å². The summed E-state index contributed by atoms with van der Waals surface area (Å²) in [7, 11) is -2.40. The Hall–Kier alpha value is -9.15. The highest BCUT2D eigenvalue weighted by molar-refractivity contribution is 6.77. The lowest BCUT2D eigenvalue weighted by atomic mass is 9.98. The van der Waals surface area contributed by atoms with Crippen LogP contribution in [0, 0.1) is 20.8 Å². The second kappa shape index (κ2) is 29.7. The van der Waals surface area contributed by atoms with Gasteiger partial charge in [-0.2, -0.15) is 0 Å². The molecule has 0 aromatic heterocycles. The van der Waals surface area contributed by atoms with Crippen molar-refractivity contribution in [2.75, 3.05) is 0 Å². The van der Waals surface area contributed by atoms with Crippen molar-refractivity contribution in [3.05, 3.63) is 151 Å². The third kappa shape index (κ3) is 17.2. The van der Waals surface area contributed by atoms with E-state index in [0.717, 1.165) is 70.8 Å². The number of ether oxygens (including phenoxy) is 5. The summed E-state index contributed by atoms with van der Waals surface area (Å²) >= 11 is 0. The van der Waals surface area contributed by atoms with Crippen LogP contribution in [0.3, 0.4) is 0 Å². The van der Waals surface area contributed by atoms with Crippen molar-refractivity contribution in [1.82, 2.24) is 0 Å². The molecule has 0 aliphatic carbocycles. The van der Waals surface area contributed by atoms with Crippen molar-refractivity contribution < 1.29 is 103 Å². The Morgan fingerprint density at radius 2 is 0.571 bits per heavy atom.